The molecule has 6 nitrogen and oxygen atoms in total. The lowest BCUT2D eigenvalue weighted by Crippen LogP contribution is -2.10. The maximum absolute atomic E-state index is 8.77. The normalized spacial score (nSPS) is 10.2. The molecule has 0 aliphatic heterocycles. The Morgan fingerprint density at radius 3 is 2.70 bits per heavy atom. The highest BCUT2D eigenvalue weighted by Crippen LogP contribution is 2.31. The summed E-state index contributed by atoms with van der Waals surface area (Å²) in [5.41, 5.74) is 2.99. The van der Waals surface area contributed by atoms with Crippen LogP contribution in [0.3, 0.4) is 0 Å². The van der Waals surface area contributed by atoms with Crippen molar-refractivity contribution in [2.45, 2.75) is 0 Å². The third kappa shape index (κ3) is 2.25. The van der Waals surface area contributed by atoms with Crippen molar-refractivity contribution in [2.24, 2.45) is 5.84 Å². The van der Waals surface area contributed by atoms with E-state index in [1.54, 1.807) is 24.3 Å². The molecule has 98 valence electrons. The molecule has 20 heavy (non-hydrogen) atoms. The van der Waals surface area contributed by atoms with Crippen LogP contribution in [0.1, 0.15) is 5.56 Å². The number of benzene rings is 1. The van der Waals surface area contributed by atoms with Crippen LogP contribution < -0.4 is 16.0 Å². The number of nitrogen functional groups attached to an aromatic ring is 1. The second-order valence-corrected chi connectivity index (χ2v) is 4.77. The molecule has 3 aromatic rings. The molecule has 0 aliphatic rings. The van der Waals surface area contributed by atoms with Gasteiger partial charge in [-0.1, -0.05) is 0 Å². The molecule has 0 amide bonds. The first-order chi connectivity index (χ1) is 9.80. The van der Waals surface area contributed by atoms with Crippen molar-refractivity contribution in [2.75, 3.05) is 5.43 Å². The lowest BCUT2D eigenvalue weighted by molar-refractivity contribution is 0.469. The SMILES string of the molecule is N#Cc1ccc(Oc2nc(NN)nc3sccc23)cc1. The summed E-state index contributed by atoms with van der Waals surface area (Å²) >= 11 is 1.48. The second-order valence-electron chi connectivity index (χ2n) is 3.87. The van der Waals surface area contributed by atoms with E-state index in [4.69, 9.17) is 15.8 Å². The average Bonchev–Trinajstić information content (AvgIpc) is 2.96. The second kappa shape index (κ2) is 5.13. The Kier molecular flexibility index (Phi) is 3.16. The summed E-state index contributed by atoms with van der Waals surface area (Å²) in [6, 6.07) is 10.7. The first-order valence-corrected chi connectivity index (χ1v) is 6.58. The molecule has 0 radical (unpaired) electrons. The molecular formula is C13H9N5OS. The van der Waals surface area contributed by atoms with Gasteiger partial charge in [-0.2, -0.15) is 10.2 Å². The molecular weight excluding hydrogens is 274 g/mol. The summed E-state index contributed by atoms with van der Waals surface area (Å²) in [5, 5.41) is 11.5. The number of thiophene rings is 1. The minimum absolute atomic E-state index is 0.295. The van der Waals surface area contributed by atoms with E-state index in [-0.39, 0.29) is 0 Å². The molecule has 0 aliphatic carbocycles. The van der Waals surface area contributed by atoms with Crippen LogP contribution in [0.5, 0.6) is 11.6 Å². The molecule has 0 atom stereocenters. The number of hydrazine groups is 1. The van der Waals surface area contributed by atoms with Crippen molar-refractivity contribution in [1.82, 2.24) is 9.97 Å². The molecule has 0 saturated carbocycles. The highest BCUT2D eigenvalue weighted by Gasteiger charge is 2.10. The van der Waals surface area contributed by atoms with Crippen LogP contribution in [0.15, 0.2) is 35.7 Å². The van der Waals surface area contributed by atoms with Gasteiger partial charge in [-0.25, -0.2) is 10.8 Å². The summed E-state index contributed by atoms with van der Waals surface area (Å²) in [4.78, 5) is 9.22. The number of nitrogens with one attached hydrogen (secondary N) is 1. The van der Waals surface area contributed by atoms with Crippen LogP contribution in [-0.2, 0) is 0 Å². The topological polar surface area (TPSA) is 96.8 Å². The molecule has 0 saturated heterocycles. The number of nitrogens with two attached hydrogens (primary N) is 1. The van der Waals surface area contributed by atoms with Gasteiger partial charge in [0.1, 0.15) is 10.6 Å². The summed E-state index contributed by atoms with van der Waals surface area (Å²) in [6.45, 7) is 0. The van der Waals surface area contributed by atoms with Gasteiger partial charge in [0.15, 0.2) is 0 Å². The largest absolute Gasteiger partial charge is 0.438 e. The zero-order valence-electron chi connectivity index (χ0n) is 10.2. The summed E-state index contributed by atoms with van der Waals surface area (Å²) < 4.78 is 5.74. The van der Waals surface area contributed by atoms with Gasteiger partial charge in [-0.15, -0.1) is 11.3 Å². The van der Waals surface area contributed by atoms with Gasteiger partial charge in [0, 0.05) is 0 Å². The third-order valence-corrected chi connectivity index (χ3v) is 3.42. The minimum Gasteiger partial charge on any atom is -0.438 e. The van der Waals surface area contributed by atoms with Gasteiger partial charge >= 0.3 is 0 Å². The van der Waals surface area contributed by atoms with E-state index >= 15 is 0 Å². The Balaban J connectivity index is 2.00. The van der Waals surface area contributed by atoms with E-state index in [1.807, 2.05) is 11.4 Å². The Morgan fingerprint density at radius 2 is 2.00 bits per heavy atom. The zero-order valence-corrected chi connectivity index (χ0v) is 11.0. The van der Waals surface area contributed by atoms with Crippen molar-refractivity contribution >= 4 is 27.5 Å². The fourth-order valence-electron chi connectivity index (χ4n) is 1.68. The molecule has 2 heterocycles. The minimum atomic E-state index is 0.295. The highest BCUT2D eigenvalue weighted by molar-refractivity contribution is 7.16. The van der Waals surface area contributed by atoms with Crippen molar-refractivity contribution in [3.8, 4) is 17.7 Å². The predicted molar refractivity (Wildman–Crippen MR) is 76.5 cm³/mol. The molecule has 0 spiro atoms. The maximum atomic E-state index is 8.77. The summed E-state index contributed by atoms with van der Waals surface area (Å²) in [7, 11) is 0. The Bertz CT molecular complexity index is 791. The van der Waals surface area contributed by atoms with Crippen LogP contribution >= 0.6 is 11.3 Å². The fourth-order valence-corrected chi connectivity index (χ4v) is 2.43. The Labute approximate surface area is 118 Å². The number of aromatic nitrogens is 2. The van der Waals surface area contributed by atoms with Gasteiger partial charge in [-0.3, -0.25) is 5.43 Å². The van der Waals surface area contributed by atoms with Crippen molar-refractivity contribution in [1.29, 1.82) is 5.26 Å². The van der Waals surface area contributed by atoms with Crippen LogP contribution in [0, 0.1) is 11.3 Å². The molecule has 3 N–H and O–H groups in total. The molecule has 7 heteroatoms. The van der Waals surface area contributed by atoms with E-state index in [1.165, 1.54) is 11.3 Å². The quantitative estimate of drug-likeness (QED) is 0.566. The molecule has 0 bridgehead atoms. The van der Waals surface area contributed by atoms with Crippen molar-refractivity contribution < 1.29 is 4.74 Å². The van der Waals surface area contributed by atoms with Gasteiger partial charge in [0.25, 0.3) is 0 Å². The molecule has 1 aromatic carbocycles. The van der Waals surface area contributed by atoms with E-state index in [0.29, 0.717) is 23.1 Å². The number of ether oxygens (including phenoxy) is 1. The number of rotatable bonds is 3. The molecule has 0 fully saturated rings. The fraction of sp³-hybridized carbons (Fsp3) is 0. The number of nitriles is 1. The van der Waals surface area contributed by atoms with Crippen molar-refractivity contribution in [3.05, 3.63) is 41.3 Å². The average molecular weight is 283 g/mol. The number of fused-ring (bicyclic) bond motifs is 1. The van der Waals surface area contributed by atoms with Gasteiger partial charge in [-0.05, 0) is 35.7 Å². The van der Waals surface area contributed by atoms with Gasteiger partial charge in [0.2, 0.25) is 11.8 Å². The molecule has 0 unspecified atom stereocenters. The zero-order chi connectivity index (χ0) is 13.9. The van der Waals surface area contributed by atoms with Crippen LogP contribution in [-0.4, -0.2) is 9.97 Å². The molecule has 3 rings (SSSR count). The Morgan fingerprint density at radius 1 is 1.20 bits per heavy atom. The number of nitrogens with zero attached hydrogens (tertiary/aromatic N) is 3. The maximum Gasteiger partial charge on any atom is 0.241 e. The standard InChI is InChI=1S/C13H9N5OS/c14-7-8-1-3-9(4-2-8)19-11-10-5-6-20-12(10)17-13(16-11)18-15/h1-6H,15H2,(H,16,17,18). The smallest absolute Gasteiger partial charge is 0.241 e. The van der Waals surface area contributed by atoms with E-state index in [2.05, 4.69) is 21.5 Å². The summed E-state index contributed by atoms with van der Waals surface area (Å²) in [5.74, 6) is 6.66. The number of anilines is 1. The number of hydrogen-bond donors (Lipinski definition) is 2. The lowest BCUT2D eigenvalue weighted by atomic mass is 10.2. The monoisotopic (exact) mass is 283 g/mol. The highest BCUT2D eigenvalue weighted by atomic mass is 32.1. The molecule has 2 aromatic heterocycles. The van der Waals surface area contributed by atoms with Crippen molar-refractivity contribution in [3.63, 3.8) is 0 Å². The predicted octanol–water partition coefficient (Wildman–Crippen LogP) is 2.64. The van der Waals surface area contributed by atoms with Gasteiger partial charge in [0.05, 0.1) is 17.0 Å². The third-order valence-electron chi connectivity index (χ3n) is 2.62. The van der Waals surface area contributed by atoms with Crippen LogP contribution in [0.4, 0.5) is 5.95 Å². The van der Waals surface area contributed by atoms with E-state index in [9.17, 15) is 0 Å². The van der Waals surface area contributed by atoms with Gasteiger partial charge < -0.3 is 4.74 Å². The first kappa shape index (κ1) is 12.3. The van der Waals surface area contributed by atoms with E-state index in [0.717, 1.165) is 10.2 Å². The van der Waals surface area contributed by atoms with Crippen LogP contribution in [0.25, 0.3) is 10.2 Å². The number of hydrogen-bond acceptors (Lipinski definition) is 7. The lowest BCUT2D eigenvalue weighted by Gasteiger charge is -2.07. The Hall–Kier alpha value is -2.69. The first-order valence-electron chi connectivity index (χ1n) is 5.70. The summed E-state index contributed by atoms with van der Waals surface area (Å²) in [6.07, 6.45) is 0. The van der Waals surface area contributed by atoms with Crippen LogP contribution in [0.2, 0.25) is 0 Å². The van der Waals surface area contributed by atoms with E-state index < -0.39 is 0 Å².